The molecule has 0 aliphatic carbocycles. The highest BCUT2D eigenvalue weighted by Gasteiger charge is 2.26. The van der Waals surface area contributed by atoms with Crippen LogP contribution < -0.4 is 0 Å². The predicted octanol–water partition coefficient (Wildman–Crippen LogP) is 2.76. The van der Waals surface area contributed by atoms with Crippen LogP contribution in [0.5, 0.6) is 0 Å². The number of ether oxygens (including phenoxy) is 2. The van der Waals surface area contributed by atoms with E-state index in [0.29, 0.717) is 11.9 Å². The number of rotatable bonds is 2. The van der Waals surface area contributed by atoms with Crippen LogP contribution in [-0.2, 0) is 9.47 Å². The van der Waals surface area contributed by atoms with Crippen molar-refractivity contribution in [3.8, 4) is 0 Å². The summed E-state index contributed by atoms with van der Waals surface area (Å²) >= 11 is 0. The van der Waals surface area contributed by atoms with Gasteiger partial charge in [0.15, 0.2) is 0 Å². The molecular weight excluding hydrogens is 164 g/mol. The first-order valence-electron chi connectivity index (χ1n) is 4.80. The first-order valence-corrected chi connectivity index (χ1v) is 4.80. The summed E-state index contributed by atoms with van der Waals surface area (Å²) in [5.41, 5.74) is 0.144. The van der Waals surface area contributed by atoms with Gasteiger partial charge in [-0.15, -0.1) is 0 Å². The molecule has 0 aromatic heterocycles. The van der Waals surface area contributed by atoms with Crippen molar-refractivity contribution in [2.75, 3.05) is 13.2 Å². The average molecular weight is 183 g/mol. The highest BCUT2D eigenvalue weighted by atomic mass is 16.7. The van der Waals surface area contributed by atoms with Crippen molar-refractivity contribution in [2.45, 2.75) is 27.2 Å². The largest absolute Gasteiger partial charge is 0.465 e. The minimum absolute atomic E-state index is 0.144. The predicted molar refractivity (Wildman–Crippen MR) is 52.9 cm³/mol. The average Bonchev–Trinajstić information content (AvgIpc) is 2.08. The SMILES string of the molecule is [CH2]C[C@H](C)C=C1OCC(C)(C)CO1. The number of hydrogen-bond donors (Lipinski definition) is 0. The Balaban J connectivity index is 2.45. The van der Waals surface area contributed by atoms with Crippen LogP contribution >= 0.6 is 0 Å². The van der Waals surface area contributed by atoms with E-state index in [2.05, 4.69) is 27.7 Å². The Morgan fingerprint density at radius 2 is 2.00 bits per heavy atom. The van der Waals surface area contributed by atoms with Gasteiger partial charge in [0.1, 0.15) is 0 Å². The molecule has 1 atom stereocenters. The molecule has 1 aliphatic rings. The summed E-state index contributed by atoms with van der Waals surface area (Å²) in [5, 5.41) is 0. The molecule has 75 valence electrons. The smallest absolute Gasteiger partial charge is 0.275 e. The van der Waals surface area contributed by atoms with E-state index in [0.717, 1.165) is 19.6 Å². The molecule has 1 heterocycles. The fourth-order valence-electron chi connectivity index (χ4n) is 1.03. The summed E-state index contributed by atoms with van der Waals surface area (Å²) in [5.74, 6) is 1.10. The third-order valence-corrected chi connectivity index (χ3v) is 2.09. The molecule has 0 aromatic carbocycles. The lowest BCUT2D eigenvalue weighted by Gasteiger charge is -2.31. The van der Waals surface area contributed by atoms with Gasteiger partial charge < -0.3 is 9.47 Å². The topological polar surface area (TPSA) is 18.5 Å². The Kier molecular flexibility index (Phi) is 3.23. The van der Waals surface area contributed by atoms with Gasteiger partial charge in [0, 0.05) is 5.41 Å². The molecule has 0 bridgehead atoms. The standard InChI is InChI=1S/C11H19O2/c1-5-9(2)6-10-12-7-11(3,4)8-13-10/h6,9H,1,5,7-8H2,2-4H3/t9-/m0/s1. The van der Waals surface area contributed by atoms with Crippen LogP contribution in [0.1, 0.15) is 27.2 Å². The second-order valence-electron chi connectivity index (χ2n) is 4.49. The van der Waals surface area contributed by atoms with E-state index in [4.69, 9.17) is 9.47 Å². The molecule has 0 spiro atoms. The van der Waals surface area contributed by atoms with Crippen molar-refractivity contribution in [3.05, 3.63) is 18.9 Å². The van der Waals surface area contributed by atoms with Crippen LogP contribution in [-0.4, -0.2) is 13.2 Å². The van der Waals surface area contributed by atoms with Crippen molar-refractivity contribution in [3.63, 3.8) is 0 Å². The lowest BCUT2D eigenvalue weighted by atomic mass is 9.96. The van der Waals surface area contributed by atoms with Crippen LogP contribution in [0.4, 0.5) is 0 Å². The third-order valence-electron chi connectivity index (χ3n) is 2.09. The maximum Gasteiger partial charge on any atom is 0.275 e. The first kappa shape index (κ1) is 10.4. The van der Waals surface area contributed by atoms with Gasteiger partial charge in [-0.05, 0) is 18.4 Å². The maximum absolute atomic E-state index is 5.48. The Morgan fingerprint density at radius 1 is 1.46 bits per heavy atom. The Labute approximate surface area is 80.9 Å². The highest BCUT2D eigenvalue weighted by molar-refractivity contribution is 4.92. The Bertz CT molecular complexity index is 182. The molecule has 1 radical (unpaired) electrons. The Hall–Kier alpha value is -0.660. The molecule has 0 amide bonds. The van der Waals surface area contributed by atoms with Crippen LogP contribution in [0.2, 0.25) is 0 Å². The Morgan fingerprint density at radius 3 is 2.46 bits per heavy atom. The highest BCUT2D eigenvalue weighted by Crippen LogP contribution is 2.25. The summed E-state index contributed by atoms with van der Waals surface area (Å²) in [4.78, 5) is 0. The molecule has 1 rings (SSSR count). The number of hydrogen-bond acceptors (Lipinski definition) is 2. The molecule has 2 heteroatoms. The van der Waals surface area contributed by atoms with Gasteiger partial charge in [0.05, 0.1) is 13.2 Å². The van der Waals surface area contributed by atoms with Crippen molar-refractivity contribution >= 4 is 0 Å². The fourth-order valence-corrected chi connectivity index (χ4v) is 1.03. The van der Waals surface area contributed by atoms with Crippen molar-refractivity contribution in [1.29, 1.82) is 0 Å². The molecule has 0 aromatic rings. The van der Waals surface area contributed by atoms with Crippen molar-refractivity contribution in [2.24, 2.45) is 11.3 Å². The zero-order valence-electron chi connectivity index (χ0n) is 8.80. The van der Waals surface area contributed by atoms with E-state index in [1.165, 1.54) is 0 Å². The van der Waals surface area contributed by atoms with Crippen LogP contribution in [0.15, 0.2) is 12.0 Å². The third kappa shape index (κ3) is 3.29. The summed E-state index contributed by atoms with van der Waals surface area (Å²) in [7, 11) is 0. The summed E-state index contributed by atoms with van der Waals surface area (Å²) < 4.78 is 11.0. The maximum atomic E-state index is 5.48. The molecule has 0 unspecified atom stereocenters. The van der Waals surface area contributed by atoms with Crippen LogP contribution in [0.3, 0.4) is 0 Å². The molecule has 0 saturated carbocycles. The van der Waals surface area contributed by atoms with E-state index in [9.17, 15) is 0 Å². The lowest BCUT2D eigenvalue weighted by Crippen LogP contribution is -2.30. The molecule has 1 saturated heterocycles. The number of allylic oxidation sites excluding steroid dienone is 1. The molecule has 1 aliphatic heterocycles. The van der Waals surface area contributed by atoms with Crippen LogP contribution in [0.25, 0.3) is 0 Å². The summed E-state index contributed by atoms with van der Waals surface area (Å²) in [6.07, 6.45) is 2.88. The van der Waals surface area contributed by atoms with E-state index in [-0.39, 0.29) is 5.41 Å². The summed E-state index contributed by atoms with van der Waals surface area (Å²) in [6, 6.07) is 0. The molecule has 0 N–H and O–H groups in total. The van der Waals surface area contributed by atoms with E-state index in [1.54, 1.807) is 0 Å². The van der Waals surface area contributed by atoms with Gasteiger partial charge in [0.25, 0.3) is 5.95 Å². The fraction of sp³-hybridized carbons (Fsp3) is 0.727. The van der Waals surface area contributed by atoms with E-state index < -0.39 is 0 Å². The molecule has 13 heavy (non-hydrogen) atoms. The second kappa shape index (κ2) is 4.03. The second-order valence-corrected chi connectivity index (χ2v) is 4.49. The van der Waals surface area contributed by atoms with Crippen molar-refractivity contribution in [1.82, 2.24) is 0 Å². The monoisotopic (exact) mass is 183 g/mol. The normalized spacial score (nSPS) is 22.9. The van der Waals surface area contributed by atoms with Crippen molar-refractivity contribution < 1.29 is 9.47 Å². The van der Waals surface area contributed by atoms with Crippen LogP contribution in [0, 0.1) is 18.3 Å². The molecule has 1 fully saturated rings. The van der Waals surface area contributed by atoms with Gasteiger partial charge in [0.2, 0.25) is 0 Å². The zero-order chi connectivity index (χ0) is 9.90. The van der Waals surface area contributed by atoms with Gasteiger partial charge in [-0.3, -0.25) is 0 Å². The first-order chi connectivity index (χ1) is 6.03. The molecular formula is C11H19O2. The van der Waals surface area contributed by atoms with E-state index in [1.807, 2.05) is 6.08 Å². The summed E-state index contributed by atoms with van der Waals surface area (Å²) in [6.45, 7) is 11.7. The molecule has 2 nitrogen and oxygen atoms in total. The van der Waals surface area contributed by atoms with Gasteiger partial charge in [-0.25, -0.2) is 0 Å². The minimum atomic E-state index is 0.144. The van der Waals surface area contributed by atoms with E-state index >= 15 is 0 Å². The van der Waals surface area contributed by atoms with Gasteiger partial charge >= 0.3 is 0 Å². The lowest BCUT2D eigenvalue weighted by molar-refractivity contribution is -0.0860. The van der Waals surface area contributed by atoms with Gasteiger partial charge in [-0.1, -0.05) is 27.7 Å². The van der Waals surface area contributed by atoms with Gasteiger partial charge in [-0.2, -0.15) is 0 Å². The zero-order valence-corrected chi connectivity index (χ0v) is 8.80. The quantitative estimate of drug-likeness (QED) is 0.655. The minimum Gasteiger partial charge on any atom is -0.465 e.